The molecule has 0 bridgehead atoms. The maximum absolute atomic E-state index is 10.8. The van der Waals surface area contributed by atoms with Crippen LogP contribution in [0.15, 0.2) is 43.0 Å². The van der Waals surface area contributed by atoms with Crippen LogP contribution in [0.3, 0.4) is 0 Å². The number of hydrogen-bond acceptors (Lipinski definition) is 10. The molecule has 5 atom stereocenters. The van der Waals surface area contributed by atoms with Crippen LogP contribution in [0.25, 0.3) is 11.2 Å². The molecule has 12 heteroatoms. The van der Waals surface area contributed by atoms with Crippen molar-refractivity contribution in [1.82, 2.24) is 19.5 Å². The molecule has 1 aromatic carbocycles. The lowest BCUT2D eigenvalue weighted by Gasteiger charge is -2.16. The number of anilines is 1. The monoisotopic (exact) mass is 502 g/mol. The smallest absolute Gasteiger partial charge is 0.320 e. The van der Waals surface area contributed by atoms with Crippen molar-refractivity contribution < 1.29 is 24.9 Å². The number of aliphatic hydroxyl groups is 2. The van der Waals surface area contributed by atoms with Gasteiger partial charge in [0.2, 0.25) is 0 Å². The van der Waals surface area contributed by atoms with E-state index in [1.807, 2.05) is 18.2 Å². The van der Waals surface area contributed by atoms with Crippen LogP contribution in [0.1, 0.15) is 24.6 Å². The average molecular weight is 503 g/mol. The normalized spacial score (nSPS) is 22.9. The molecule has 35 heavy (non-hydrogen) atoms. The van der Waals surface area contributed by atoms with Crippen molar-refractivity contribution in [2.75, 3.05) is 23.4 Å². The second-order valence-corrected chi connectivity index (χ2v) is 9.57. The third kappa shape index (κ3) is 6.08. The molecule has 188 valence electrons. The number of thioether (sulfide) groups is 1. The fourth-order valence-corrected chi connectivity index (χ4v) is 5.04. The summed E-state index contributed by atoms with van der Waals surface area (Å²) in [5.41, 5.74) is 7.83. The molecule has 3 heterocycles. The van der Waals surface area contributed by atoms with Crippen molar-refractivity contribution in [3.8, 4) is 0 Å². The maximum atomic E-state index is 10.8. The second kappa shape index (κ2) is 11.8. The van der Waals surface area contributed by atoms with Crippen LogP contribution in [0.2, 0.25) is 0 Å². The summed E-state index contributed by atoms with van der Waals surface area (Å²) in [6.07, 6.45) is 1.36. The zero-order valence-electron chi connectivity index (χ0n) is 19.1. The predicted octanol–water partition coefficient (Wildman–Crippen LogP) is 1.03. The summed E-state index contributed by atoms with van der Waals surface area (Å²) >= 11 is 1.42. The molecule has 6 N–H and O–H groups in total. The van der Waals surface area contributed by atoms with Gasteiger partial charge in [0.15, 0.2) is 23.2 Å². The van der Waals surface area contributed by atoms with Gasteiger partial charge in [-0.2, -0.15) is 11.8 Å². The Labute approximate surface area is 206 Å². The van der Waals surface area contributed by atoms with Gasteiger partial charge >= 0.3 is 5.97 Å². The van der Waals surface area contributed by atoms with E-state index in [2.05, 4.69) is 32.4 Å². The van der Waals surface area contributed by atoms with E-state index in [0.29, 0.717) is 41.5 Å². The lowest BCUT2D eigenvalue weighted by Crippen LogP contribution is -2.33. The maximum Gasteiger partial charge on any atom is 0.320 e. The van der Waals surface area contributed by atoms with Gasteiger partial charge in [-0.25, -0.2) is 15.0 Å². The van der Waals surface area contributed by atoms with Gasteiger partial charge in [-0.05, 0) is 30.6 Å². The third-order valence-corrected chi connectivity index (χ3v) is 7.01. The summed E-state index contributed by atoms with van der Waals surface area (Å²) in [7, 11) is 0. The van der Waals surface area contributed by atoms with Crippen LogP contribution in [0.5, 0.6) is 0 Å². The number of carboxylic acids is 1. The Morgan fingerprint density at radius 1 is 1.20 bits per heavy atom. The van der Waals surface area contributed by atoms with E-state index in [0.717, 1.165) is 12.8 Å². The molecule has 1 aliphatic heterocycles. The summed E-state index contributed by atoms with van der Waals surface area (Å²) in [5.74, 6) is 0.437. The molecule has 11 nitrogen and oxygen atoms in total. The topological polar surface area (TPSA) is 169 Å². The first-order chi connectivity index (χ1) is 17.0. The summed E-state index contributed by atoms with van der Waals surface area (Å²) in [5, 5.41) is 33.3. The zero-order chi connectivity index (χ0) is 24.8. The molecule has 0 spiro atoms. The van der Waals surface area contributed by atoms with E-state index in [1.165, 1.54) is 30.0 Å². The zero-order valence-corrected chi connectivity index (χ0v) is 19.9. The number of fused-ring (bicyclic) bond motifs is 1. The van der Waals surface area contributed by atoms with E-state index < -0.39 is 36.6 Å². The lowest BCUT2D eigenvalue weighted by atomic mass is 10.1. The van der Waals surface area contributed by atoms with Crippen LogP contribution < -0.4 is 11.1 Å². The number of ether oxygens (including phenoxy) is 1. The van der Waals surface area contributed by atoms with Gasteiger partial charge in [-0.15, -0.1) is 0 Å². The number of aromatic nitrogens is 4. The van der Waals surface area contributed by atoms with Crippen molar-refractivity contribution in [1.29, 1.82) is 0 Å². The second-order valence-electron chi connectivity index (χ2n) is 8.42. The minimum absolute atomic E-state index is 0.305. The Hall–Kier alpha value is -2.77. The number of rotatable bonds is 12. The Bertz CT molecular complexity index is 1120. The highest BCUT2D eigenvalue weighted by Gasteiger charge is 2.44. The van der Waals surface area contributed by atoms with E-state index in [-0.39, 0.29) is 0 Å². The first kappa shape index (κ1) is 25.3. The van der Waals surface area contributed by atoms with E-state index >= 15 is 0 Å². The Balaban J connectivity index is 1.35. The summed E-state index contributed by atoms with van der Waals surface area (Å²) in [4.78, 5) is 23.9. The van der Waals surface area contributed by atoms with Crippen molar-refractivity contribution in [3.63, 3.8) is 0 Å². The highest BCUT2D eigenvalue weighted by molar-refractivity contribution is 7.99. The Kier molecular flexibility index (Phi) is 8.52. The van der Waals surface area contributed by atoms with Crippen LogP contribution in [-0.2, 0) is 16.0 Å². The van der Waals surface area contributed by atoms with E-state index in [1.54, 1.807) is 4.57 Å². The molecule has 0 amide bonds. The molecular formula is C23H30N6O5S. The van der Waals surface area contributed by atoms with Gasteiger partial charge in [-0.1, -0.05) is 30.3 Å². The van der Waals surface area contributed by atoms with Gasteiger partial charge in [0.25, 0.3) is 0 Å². The van der Waals surface area contributed by atoms with Crippen molar-refractivity contribution in [2.24, 2.45) is 5.73 Å². The molecule has 0 unspecified atom stereocenters. The molecule has 0 aliphatic carbocycles. The molecule has 3 aromatic rings. The quantitative estimate of drug-likeness (QED) is 0.224. The number of hydrogen-bond donors (Lipinski definition) is 5. The number of nitrogens with one attached hydrogen (secondary N) is 1. The Morgan fingerprint density at radius 3 is 2.77 bits per heavy atom. The minimum atomic E-state index is -1.17. The predicted molar refractivity (Wildman–Crippen MR) is 132 cm³/mol. The van der Waals surface area contributed by atoms with Crippen LogP contribution in [0.4, 0.5) is 5.82 Å². The van der Waals surface area contributed by atoms with Crippen LogP contribution >= 0.6 is 11.8 Å². The van der Waals surface area contributed by atoms with Crippen molar-refractivity contribution in [3.05, 3.63) is 48.5 Å². The number of carboxylic acid groups (broad SMARTS) is 1. The molecule has 1 aliphatic rings. The average Bonchev–Trinajstić information content (AvgIpc) is 3.41. The number of benzene rings is 1. The number of nitrogens with zero attached hydrogens (tertiary/aromatic N) is 4. The molecular weight excluding hydrogens is 472 g/mol. The minimum Gasteiger partial charge on any atom is -0.480 e. The van der Waals surface area contributed by atoms with Crippen molar-refractivity contribution in [2.45, 2.75) is 49.8 Å². The molecule has 2 aromatic heterocycles. The molecule has 0 saturated carbocycles. The summed E-state index contributed by atoms with van der Waals surface area (Å²) in [6, 6.07) is 9.33. The van der Waals surface area contributed by atoms with E-state index in [9.17, 15) is 15.0 Å². The van der Waals surface area contributed by atoms with Gasteiger partial charge in [0, 0.05) is 12.3 Å². The first-order valence-electron chi connectivity index (χ1n) is 11.5. The molecule has 4 rings (SSSR count). The fourth-order valence-electron chi connectivity index (χ4n) is 3.94. The highest BCUT2D eigenvalue weighted by atomic mass is 32.2. The number of carbonyl (C=O) groups is 1. The van der Waals surface area contributed by atoms with Gasteiger partial charge in [0.05, 0.1) is 12.4 Å². The number of imidazole rings is 1. The van der Waals surface area contributed by atoms with Gasteiger partial charge in [0.1, 0.15) is 24.6 Å². The van der Waals surface area contributed by atoms with E-state index in [4.69, 9.17) is 15.6 Å². The first-order valence-corrected chi connectivity index (χ1v) is 12.6. The number of aryl methyl sites for hydroxylation is 1. The lowest BCUT2D eigenvalue weighted by molar-refractivity contribution is -0.138. The van der Waals surface area contributed by atoms with Gasteiger partial charge in [-0.3, -0.25) is 9.36 Å². The number of aliphatic carboxylic acids is 1. The van der Waals surface area contributed by atoms with Crippen LogP contribution in [0, 0.1) is 0 Å². The van der Waals surface area contributed by atoms with Crippen LogP contribution in [-0.4, -0.2) is 83.2 Å². The standard InChI is InChI=1S/C23H30N6O5S/c24-15(23(32)33)8-10-35-11-16-18(30)19(31)22(34-16)29-13-28-17-20(26-12-27-21(17)29)25-9-4-7-14-5-2-1-3-6-14/h1-3,5-6,12-13,15-16,18-19,22,30-31H,4,7-11,24H2,(H,32,33)(H,25,26,27)/t15-,16+,18+,19+,22+/m0/s1. The molecule has 1 saturated heterocycles. The highest BCUT2D eigenvalue weighted by Crippen LogP contribution is 2.33. The summed E-state index contributed by atoms with van der Waals surface area (Å²) in [6.45, 7) is 0.708. The molecule has 1 fully saturated rings. The largest absolute Gasteiger partial charge is 0.480 e. The van der Waals surface area contributed by atoms with Gasteiger partial charge < -0.3 is 31.1 Å². The number of nitrogens with two attached hydrogens (primary N) is 1. The third-order valence-electron chi connectivity index (χ3n) is 5.92. The fraction of sp³-hybridized carbons (Fsp3) is 0.478. The SMILES string of the molecule is N[C@@H](CCSC[C@H]1O[C@@H](n2cnc3c(NCCCc4ccccc4)ncnc32)[C@H](O)[C@@H]1O)C(=O)O. The number of aliphatic hydroxyl groups excluding tert-OH is 2. The Morgan fingerprint density at radius 2 is 2.00 bits per heavy atom. The molecule has 0 radical (unpaired) electrons. The summed E-state index contributed by atoms with van der Waals surface area (Å²) < 4.78 is 7.56. The van der Waals surface area contributed by atoms with Crippen molar-refractivity contribution >= 4 is 34.7 Å².